The largest absolute Gasteiger partial charge is 0.316 e. The van der Waals surface area contributed by atoms with Crippen molar-refractivity contribution < 1.29 is 9.59 Å². The summed E-state index contributed by atoms with van der Waals surface area (Å²) in [4.78, 5) is 26.2. The summed E-state index contributed by atoms with van der Waals surface area (Å²) in [6.07, 6.45) is 11.6. The van der Waals surface area contributed by atoms with Gasteiger partial charge in [-0.05, 0) is 39.5 Å². The van der Waals surface area contributed by atoms with Crippen molar-refractivity contribution in [2.24, 2.45) is 10.2 Å². The van der Waals surface area contributed by atoms with E-state index in [9.17, 15) is 9.59 Å². The summed E-state index contributed by atoms with van der Waals surface area (Å²) < 4.78 is 6.65. The number of rotatable bonds is 10. The van der Waals surface area contributed by atoms with E-state index in [4.69, 9.17) is 10.2 Å². The molecule has 2 atom stereocenters. The molecule has 0 bridgehead atoms. The molecule has 2 amide bonds. The van der Waals surface area contributed by atoms with Crippen molar-refractivity contribution in [1.82, 2.24) is 20.1 Å². The Morgan fingerprint density at radius 1 is 0.625 bits per heavy atom. The number of hydrogen-bond donors (Lipinski definition) is 4. The molecule has 4 rings (SSSR count). The second-order valence-corrected chi connectivity index (χ2v) is 12.6. The molecule has 2 saturated carbocycles. The van der Waals surface area contributed by atoms with Crippen LogP contribution < -0.4 is 20.1 Å². The summed E-state index contributed by atoms with van der Waals surface area (Å²) in [6.45, 7) is 3.66. The predicted molar refractivity (Wildman–Crippen MR) is 165 cm³/mol. The van der Waals surface area contributed by atoms with Crippen molar-refractivity contribution in [3.63, 3.8) is 0 Å². The van der Waals surface area contributed by atoms with Gasteiger partial charge in [-0.15, -0.1) is 0 Å². The van der Waals surface area contributed by atoms with Crippen LogP contribution in [0.25, 0.3) is 0 Å². The Morgan fingerprint density at radius 2 is 0.975 bits per heavy atom. The minimum absolute atomic E-state index is 0.228. The molecule has 0 radical (unpaired) electrons. The van der Waals surface area contributed by atoms with Gasteiger partial charge in [-0.2, -0.15) is 10.2 Å². The molecule has 2 aromatic carbocycles. The van der Waals surface area contributed by atoms with Crippen LogP contribution in [-0.2, 0) is 11.3 Å². The number of hydrogen-bond acceptors (Lipinski definition) is 8. The molecule has 8 nitrogen and oxygen atoms in total. The van der Waals surface area contributed by atoms with E-state index >= 15 is 0 Å². The fourth-order valence-electron chi connectivity index (χ4n) is 5.20. The summed E-state index contributed by atoms with van der Waals surface area (Å²) in [5.41, 5.74) is -0.706. The van der Waals surface area contributed by atoms with Gasteiger partial charge in [0.05, 0.1) is 0 Å². The third-order valence-electron chi connectivity index (χ3n) is 7.66. The third kappa shape index (κ3) is 9.06. The highest BCUT2D eigenvalue weighted by Gasteiger charge is 2.34. The molecule has 2 fully saturated rings. The van der Waals surface area contributed by atoms with Gasteiger partial charge in [0, 0.05) is 47.1 Å². The molecule has 10 heteroatoms. The molecule has 0 spiro atoms. The van der Waals surface area contributed by atoms with Crippen molar-refractivity contribution in [3.05, 3.63) is 71.8 Å². The highest BCUT2D eigenvalue weighted by Crippen LogP contribution is 2.30. The summed E-state index contributed by atoms with van der Waals surface area (Å²) in [5, 5.41) is 15.1. The first-order valence-electron chi connectivity index (χ1n) is 14.4. The number of carbonyl (C=O) groups excluding carboxylic acids is 2. The molecule has 4 N–H and O–H groups in total. The number of carbonyl (C=O) groups is 2. The van der Waals surface area contributed by atoms with Crippen LogP contribution in [0.3, 0.4) is 0 Å². The van der Waals surface area contributed by atoms with Crippen molar-refractivity contribution in [2.75, 3.05) is 0 Å². The SMILES string of the molecule is CC(/N=N/C(C)(NC(=O)SNC1CCCCC1)c1ccccc1)(NC(=O)SNC1CCCCC1)c1ccccc1. The molecular weight excluding hydrogens is 541 g/mol. The average Bonchev–Trinajstić information content (AvgIpc) is 3.00. The van der Waals surface area contributed by atoms with Crippen LogP contribution >= 0.6 is 23.9 Å². The summed E-state index contributed by atoms with van der Waals surface area (Å²) in [6, 6.07) is 19.8. The molecule has 0 aromatic heterocycles. The van der Waals surface area contributed by atoms with E-state index in [0.717, 1.165) is 60.7 Å². The number of nitrogens with one attached hydrogen (secondary N) is 4. The minimum atomic E-state index is -1.14. The van der Waals surface area contributed by atoms with E-state index in [1.54, 1.807) is 0 Å². The lowest BCUT2D eigenvalue weighted by Crippen LogP contribution is -2.44. The molecule has 0 aliphatic heterocycles. The van der Waals surface area contributed by atoms with Crippen LogP contribution in [0.4, 0.5) is 9.59 Å². The normalized spacial score (nSPS) is 19.9. The van der Waals surface area contributed by atoms with Crippen LogP contribution in [0.2, 0.25) is 0 Å². The molecule has 2 aromatic rings. The van der Waals surface area contributed by atoms with Gasteiger partial charge in [-0.3, -0.25) is 19.0 Å². The monoisotopic (exact) mass is 582 g/mol. The lowest BCUT2D eigenvalue weighted by atomic mass is 9.96. The van der Waals surface area contributed by atoms with Gasteiger partial charge in [-0.1, -0.05) is 99.2 Å². The van der Waals surface area contributed by atoms with E-state index in [2.05, 4.69) is 20.1 Å². The van der Waals surface area contributed by atoms with Crippen molar-refractivity contribution in [3.8, 4) is 0 Å². The lowest BCUT2D eigenvalue weighted by Gasteiger charge is -2.31. The number of azo groups is 1. The number of benzene rings is 2. The third-order valence-corrected chi connectivity index (χ3v) is 9.14. The maximum Gasteiger partial charge on any atom is 0.296 e. The van der Waals surface area contributed by atoms with Crippen LogP contribution in [0.5, 0.6) is 0 Å². The Hall–Kier alpha value is -2.40. The number of amides is 2. The highest BCUT2D eigenvalue weighted by atomic mass is 32.2. The van der Waals surface area contributed by atoms with E-state index in [1.807, 2.05) is 74.5 Å². The molecule has 2 unspecified atom stereocenters. The van der Waals surface area contributed by atoms with Gasteiger partial charge in [0.25, 0.3) is 10.5 Å². The van der Waals surface area contributed by atoms with Gasteiger partial charge in [0.1, 0.15) is 0 Å². The van der Waals surface area contributed by atoms with E-state index in [-0.39, 0.29) is 10.5 Å². The maximum atomic E-state index is 13.1. The van der Waals surface area contributed by atoms with Crippen LogP contribution in [0.1, 0.15) is 89.2 Å². The van der Waals surface area contributed by atoms with Crippen molar-refractivity contribution in [1.29, 1.82) is 0 Å². The van der Waals surface area contributed by atoms with E-state index < -0.39 is 11.3 Å². The van der Waals surface area contributed by atoms with E-state index in [0.29, 0.717) is 12.1 Å². The quantitative estimate of drug-likeness (QED) is 0.169. The van der Waals surface area contributed by atoms with Gasteiger partial charge in [-0.25, -0.2) is 0 Å². The van der Waals surface area contributed by atoms with Gasteiger partial charge in [0.15, 0.2) is 11.3 Å². The summed E-state index contributed by atoms with van der Waals surface area (Å²) >= 11 is 2.16. The second-order valence-electron chi connectivity index (χ2n) is 11.0. The van der Waals surface area contributed by atoms with Gasteiger partial charge < -0.3 is 10.6 Å². The molecule has 2 aliphatic carbocycles. The second kappa shape index (κ2) is 15.0. The predicted octanol–water partition coefficient (Wildman–Crippen LogP) is 7.74. The first-order valence-corrected chi connectivity index (χ1v) is 16.0. The first-order chi connectivity index (χ1) is 19.4. The molecule has 40 heavy (non-hydrogen) atoms. The topological polar surface area (TPSA) is 107 Å². The smallest absolute Gasteiger partial charge is 0.296 e. The van der Waals surface area contributed by atoms with Crippen LogP contribution in [-0.4, -0.2) is 22.6 Å². The zero-order chi connectivity index (χ0) is 28.3. The zero-order valence-corrected chi connectivity index (χ0v) is 25.2. The standard InChI is InChI=1S/C30H42N6O2S2/c1-29(23-15-7-3-8-16-23,31-27(37)39-33-25-19-11-5-12-20-25)35-36-30(2,24-17-9-4-10-18-24)32-28(38)40-34-26-21-13-6-14-22-26/h3-4,7-10,15-18,25-26,33-34H,5-6,11-14,19-22H2,1-2H3,(H,31,37)(H,32,38)/b36-35+. The first kappa shape index (κ1) is 30.6. The fourth-order valence-corrected chi connectivity index (χ4v) is 6.72. The van der Waals surface area contributed by atoms with E-state index in [1.165, 1.54) is 38.5 Å². The molecule has 0 saturated heterocycles. The Balaban J connectivity index is 1.51. The Kier molecular flexibility index (Phi) is 11.5. The van der Waals surface area contributed by atoms with Crippen molar-refractivity contribution in [2.45, 2.75) is 101 Å². The van der Waals surface area contributed by atoms with Gasteiger partial charge >= 0.3 is 0 Å². The van der Waals surface area contributed by atoms with Crippen molar-refractivity contribution >= 4 is 34.4 Å². The highest BCUT2D eigenvalue weighted by molar-refractivity contribution is 8.12. The average molecular weight is 583 g/mol. The van der Waals surface area contributed by atoms with Crippen LogP contribution in [0.15, 0.2) is 70.9 Å². The summed E-state index contributed by atoms with van der Waals surface area (Å²) in [7, 11) is 0. The minimum Gasteiger partial charge on any atom is -0.316 e. The maximum absolute atomic E-state index is 13.1. The molecule has 2 aliphatic rings. The molecular formula is C30H42N6O2S2. The lowest BCUT2D eigenvalue weighted by molar-refractivity contribution is 0.239. The van der Waals surface area contributed by atoms with Gasteiger partial charge in [0.2, 0.25) is 0 Å². The number of nitrogens with zero attached hydrogens (tertiary/aromatic N) is 2. The summed E-state index contributed by atoms with van der Waals surface area (Å²) in [5.74, 6) is 0. The zero-order valence-electron chi connectivity index (χ0n) is 23.5. The van der Waals surface area contributed by atoms with Crippen LogP contribution in [0, 0.1) is 0 Å². The Labute approximate surface area is 247 Å². The fraction of sp³-hybridized carbons (Fsp3) is 0.533. The molecule has 216 valence electrons. The Bertz CT molecular complexity index is 1020. The Morgan fingerprint density at radius 3 is 1.32 bits per heavy atom. The molecule has 0 heterocycles.